The molecule has 0 radical (unpaired) electrons. The fourth-order valence-corrected chi connectivity index (χ4v) is 5.67. The van der Waals surface area contributed by atoms with Crippen LogP contribution in [0.15, 0.2) is 64.0 Å². The van der Waals surface area contributed by atoms with Gasteiger partial charge in [0.1, 0.15) is 6.04 Å². The maximum absolute atomic E-state index is 13.0. The summed E-state index contributed by atoms with van der Waals surface area (Å²) in [6.45, 7) is 1.72. The molecule has 1 saturated heterocycles. The standard InChI is InChI=1S/C21H24BrN3O3S/c22-17-7-4-8-19(15-17)29(27,28)25-13-11-24(12-14-25)20(16-5-2-1-3-6-16)21(26)23-18-9-10-18/h1-8,15,18,20H,9-14H2,(H,23,26)/t20-/m1/s1. The highest BCUT2D eigenvalue weighted by molar-refractivity contribution is 9.10. The number of halogens is 1. The number of benzene rings is 2. The number of piperazine rings is 1. The highest BCUT2D eigenvalue weighted by Gasteiger charge is 2.36. The van der Waals surface area contributed by atoms with E-state index in [0.29, 0.717) is 26.2 Å². The van der Waals surface area contributed by atoms with Gasteiger partial charge in [-0.2, -0.15) is 4.31 Å². The average molecular weight is 478 g/mol. The molecule has 2 fully saturated rings. The first kappa shape index (κ1) is 20.5. The molecule has 0 aromatic heterocycles. The van der Waals surface area contributed by atoms with Gasteiger partial charge in [-0.3, -0.25) is 9.69 Å². The summed E-state index contributed by atoms with van der Waals surface area (Å²) >= 11 is 3.34. The number of nitrogens with zero attached hydrogens (tertiary/aromatic N) is 2. The number of carbonyl (C=O) groups excluding carboxylic acids is 1. The Kier molecular flexibility index (Phi) is 6.06. The first-order valence-electron chi connectivity index (χ1n) is 9.80. The van der Waals surface area contributed by atoms with Gasteiger partial charge in [-0.15, -0.1) is 0 Å². The molecule has 1 saturated carbocycles. The molecule has 0 bridgehead atoms. The summed E-state index contributed by atoms with van der Waals surface area (Å²) in [6.07, 6.45) is 2.07. The van der Waals surface area contributed by atoms with Crippen molar-refractivity contribution in [1.29, 1.82) is 0 Å². The Labute approximate surface area is 180 Å². The normalized spacial score (nSPS) is 19.6. The van der Waals surface area contributed by atoms with Crippen molar-refractivity contribution in [3.8, 4) is 0 Å². The summed E-state index contributed by atoms with van der Waals surface area (Å²) in [4.78, 5) is 15.3. The van der Waals surface area contributed by atoms with E-state index in [9.17, 15) is 13.2 Å². The van der Waals surface area contributed by atoms with Gasteiger partial charge in [-0.05, 0) is 36.6 Å². The van der Waals surface area contributed by atoms with Gasteiger partial charge in [0.2, 0.25) is 15.9 Å². The molecule has 2 aromatic carbocycles. The van der Waals surface area contributed by atoms with Crippen LogP contribution in [-0.4, -0.2) is 55.8 Å². The zero-order valence-corrected chi connectivity index (χ0v) is 18.4. The van der Waals surface area contributed by atoms with Crippen LogP contribution in [0.5, 0.6) is 0 Å². The van der Waals surface area contributed by atoms with E-state index in [0.717, 1.165) is 22.9 Å². The van der Waals surface area contributed by atoms with Crippen LogP contribution in [-0.2, 0) is 14.8 Å². The van der Waals surface area contributed by atoms with E-state index in [-0.39, 0.29) is 16.8 Å². The van der Waals surface area contributed by atoms with Crippen LogP contribution in [0.25, 0.3) is 0 Å². The third-order valence-corrected chi connectivity index (χ3v) is 7.75. The fraction of sp³-hybridized carbons (Fsp3) is 0.381. The van der Waals surface area contributed by atoms with Gasteiger partial charge in [0.25, 0.3) is 0 Å². The molecule has 2 aliphatic rings. The Morgan fingerprint density at radius 1 is 1.00 bits per heavy atom. The highest BCUT2D eigenvalue weighted by atomic mass is 79.9. The van der Waals surface area contributed by atoms with Crippen molar-refractivity contribution in [2.75, 3.05) is 26.2 Å². The fourth-order valence-electron chi connectivity index (χ4n) is 3.65. The lowest BCUT2D eigenvalue weighted by molar-refractivity contribution is -0.127. The number of carbonyl (C=O) groups is 1. The molecular formula is C21H24BrN3O3S. The van der Waals surface area contributed by atoms with Crippen LogP contribution in [0.4, 0.5) is 0 Å². The molecule has 4 rings (SSSR count). The average Bonchev–Trinajstić information content (AvgIpc) is 3.53. The van der Waals surface area contributed by atoms with Crippen LogP contribution in [0.3, 0.4) is 0 Å². The molecule has 29 heavy (non-hydrogen) atoms. The summed E-state index contributed by atoms with van der Waals surface area (Å²) in [5.41, 5.74) is 0.939. The highest BCUT2D eigenvalue weighted by Crippen LogP contribution is 2.27. The van der Waals surface area contributed by atoms with Crippen molar-refractivity contribution in [3.05, 3.63) is 64.6 Å². The minimum atomic E-state index is -3.55. The number of hydrogen-bond acceptors (Lipinski definition) is 4. The predicted octanol–water partition coefficient (Wildman–Crippen LogP) is 2.78. The molecule has 1 aliphatic heterocycles. The number of nitrogens with one attached hydrogen (secondary N) is 1. The molecular weight excluding hydrogens is 454 g/mol. The van der Waals surface area contributed by atoms with Gasteiger partial charge in [-0.25, -0.2) is 8.42 Å². The number of amides is 1. The first-order valence-corrected chi connectivity index (χ1v) is 12.0. The van der Waals surface area contributed by atoms with E-state index < -0.39 is 16.1 Å². The van der Waals surface area contributed by atoms with Crippen LogP contribution in [0.2, 0.25) is 0 Å². The summed E-state index contributed by atoms with van der Waals surface area (Å²) in [6, 6.07) is 16.4. The summed E-state index contributed by atoms with van der Waals surface area (Å²) in [7, 11) is -3.55. The van der Waals surface area contributed by atoms with Crippen molar-refractivity contribution in [1.82, 2.24) is 14.5 Å². The molecule has 8 heteroatoms. The predicted molar refractivity (Wildman–Crippen MR) is 115 cm³/mol. The van der Waals surface area contributed by atoms with Gasteiger partial charge in [-0.1, -0.05) is 52.3 Å². The minimum absolute atomic E-state index is 0.00185. The SMILES string of the molecule is O=C(NC1CC1)[C@@H](c1ccccc1)N1CCN(S(=O)(=O)c2cccc(Br)c2)CC1. The molecule has 1 amide bonds. The zero-order chi connectivity index (χ0) is 20.4. The van der Waals surface area contributed by atoms with E-state index in [2.05, 4.69) is 26.1 Å². The Hall–Kier alpha value is -1.74. The molecule has 1 atom stereocenters. The van der Waals surface area contributed by atoms with Crippen molar-refractivity contribution < 1.29 is 13.2 Å². The molecule has 0 unspecified atom stereocenters. The van der Waals surface area contributed by atoms with Gasteiger partial charge in [0.15, 0.2) is 0 Å². The largest absolute Gasteiger partial charge is 0.352 e. The second-order valence-electron chi connectivity index (χ2n) is 7.49. The van der Waals surface area contributed by atoms with Crippen LogP contribution >= 0.6 is 15.9 Å². The summed E-state index contributed by atoms with van der Waals surface area (Å²) in [5.74, 6) is 0.00185. The van der Waals surface area contributed by atoms with Gasteiger partial charge in [0.05, 0.1) is 4.90 Å². The zero-order valence-electron chi connectivity index (χ0n) is 16.0. The first-order chi connectivity index (χ1) is 13.9. The van der Waals surface area contributed by atoms with Crippen molar-refractivity contribution in [3.63, 3.8) is 0 Å². The van der Waals surface area contributed by atoms with Crippen LogP contribution < -0.4 is 5.32 Å². The maximum atomic E-state index is 13.0. The van der Waals surface area contributed by atoms with Crippen LogP contribution in [0, 0.1) is 0 Å². The van der Waals surface area contributed by atoms with Crippen molar-refractivity contribution >= 4 is 31.9 Å². The monoisotopic (exact) mass is 477 g/mol. The van der Waals surface area contributed by atoms with E-state index in [4.69, 9.17) is 0 Å². The Bertz CT molecular complexity index is 972. The quantitative estimate of drug-likeness (QED) is 0.694. The Morgan fingerprint density at radius 2 is 1.69 bits per heavy atom. The van der Waals surface area contributed by atoms with Gasteiger partial charge < -0.3 is 5.32 Å². The van der Waals surface area contributed by atoms with E-state index in [1.165, 1.54) is 4.31 Å². The van der Waals surface area contributed by atoms with E-state index in [1.807, 2.05) is 30.3 Å². The number of rotatable bonds is 6. The lowest BCUT2D eigenvalue weighted by Crippen LogP contribution is -2.52. The van der Waals surface area contributed by atoms with E-state index in [1.54, 1.807) is 24.3 Å². The van der Waals surface area contributed by atoms with Gasteiger partial charge >= 0.3 is 0 Å². The number of sulfonamides is 1. The topological polar surface area (TPSA) is 69.7 Å². The molecule has 1 aliphatic carbocycles. The minimum Gasteiger partial charge on any atom is -0.352 e. The lowest BCUT2D eigenvalue weighted by Gasteiger charge is -2.38. The summed E-state index contributed by atoms with van der Waals surface area (Å²) in [5, 5.41) is 3.11. The van der Waals surface area contributed by atoms with Crippen LogP contribution in [0.1, 0.15) is 24.4 Å². The third-order valence-electron chi connectivity index (χ3n) is 5.36. The molecule has 6 nitrogen and oxygen atoms in total. The summed E-state index contributed by atoms with van der Waals surface area (Å²) < 4.78 is 28.2. The molecule has 2 aromatic rings. The Morgan fingerprint density at radius 3 is 2.31 bits per heavy atom. The second kappa shape index (κ2) is 8.55. The third kappa shape index (κ3) is 4.71. The second-order valence-corrected chi connectivity index (χ2v) is 10.3. The van der Waals surface area contributed by atoms with Crippen molar-refractivity contribution in [2.24, 2.45) is 0 Å². The smallest absolute Gasteiger partial charge is 0.243 e. The molecule has 0 spiro atoms. The Balaban J connectivity index is 1.49. The molecule has 154 valence electrons. The molecule has 1 N–H and O–H groups in total. The van der Waals surface area contributed by atoms with Gasteiger partial charge in [0, 0.05) is 36.7 Å². The van der Waals surface area contributed by atoms with E-state index >= 15 is 0 Å². The molecule has 1 heterocycles. The lowest BCUT2D eigenvalue weighted by atomic mass is 10.0. The van der Waals surface area contributed by atoms with Crippen molar-refractivity contribution in [2.45, 2.75) is 29.8 Å². The maximum Gasteiger partial charge on any atom is 0.243 e. The number of hydrogen-bond donors (Lipinski definition) is 1.